The molecule has 3 aromatic rings. The van der Waals surface area contributed by atoms with Crippen LogP contribution in [-0.2, 0) is 21.1 Å². The minimum absolute atomic E-state index is 0.0113. The Kier molecular flexibility index (Phi) is 7.29. The van der Waals surface area contributed by atoms with Gasteiger partial charge in [-0.25, -0.2) is 0 Å². The van der Waals surface area contributed by atoms with Gasteiger partial charge in [-0.05, 0) is 54.6 Å². The molecule has 0 fully saturated rings. The number of hydrogen-bond donors (Lipinski definition) is 1. The summed E-state index contributed by atoms with van der Waals surface area (Å²) >= 11 is 5.98. The van der Waals surface area contributed by atoms with Crippen molar-refractivity contribution in [3.8, 4) is 11.8 Å². The van der Waals surface area contributed by atoms with Crippen molar-refractivity contribution in [2.45, 2.75) is 11.1 Å². The Morgan fingerprint density at radius 1 is 1.03 bits per heavy atom. The van der Waals surface area contributed by atoms with Crippen molar-refractivity contribution >= 4 is 39.4 Å². The molecule has 0 atom stereocenters. The fraction of sp³-hybridized carbons (Fsp3) is 0.0435. The van der Waals surface area contributed by atoms with Gasteiger partial charge in [0, 0.05) is 16.3 Å². The molecule has 0 saturated carbocycles. The van der Waals surface area contributed by atoms with Crippen LogP contribution >= 0.6 is 11.6 Å². The topological polar surface area (TPSA) is 96.3 Å². The molecule has 11 heteroatoms. The van der Waals surface area contributed by atoms with E-state index in [2.05, 4.69) is 5.32 Å². The average Bonchev–Trinajstić information content (AvgIpc) is 2.79. The molecule has 3 rings (SSSR count). The summed E-state index contributed by atoms with van der Waals surface area (Å²) in [5.41, 5.74) is -1.70. The lowest BCUT2D eigenvalue weighted by atomic mass is 10.1. The van der Waals surface area contributed by atoms with Gasteiger partial charge in [0.2, 0.25) is 0 Å². The third-order valence-corrected chi connectivity index (χ3v) is 5.80. The molecule has 1 N–H and O–H groups in total. The second kappa shape index (κ2) is 9.99. The first-order valence-electron chi connectivity index (χ1n) is 9.39. The number of anilines is 1. The maximum Gasteiger partial charge on any atom is 0.416 e. The second-order valence-corrected chi connectivity index (χ2v) is 8.72. The molecular weight excluding hydrogens is 493 g/mol. The Bertz CT molecular complexity index is 1400. The Morgan fingerprint density at radius 3 is 2.38 bits per heavy atom. The number of nitrogens with zero attached hydrogens (tertiary/aromatic N) is 1. The smallest absolute Gasteiger partial charge is 0.378 e. The molecule has 0 bridgehead atoms. The largest absolute Gasteiger partial charge is 0.416 e. The van der Waals surface area contributed by atoms with E-state index in [0.29, 0.717) is 6.07 Å². The SMILES string of the molecule is N#C/C(=C\c1cc(Cl)ccc1OS(=O)(=O)c1ccccc1)C(=O)Nc1cccc(C(F)(F)F)c1. The van der Waals surface area contributed by atoms with Crippen molar-refractivity contribution in [2.75, 3.05) is 5.32 Å². The van der Waals surface area contributed by atoms with Crippen LogP contribution < -0.4 is 9.50 Å². The van der Waals surface area contributed by atoms with Gasteiger partial charge in [0.1, 0.15) is 22.3 Å². The van der Waals surface area contributed by atoms with Crippen LogP contribution in [0.25, 0.3) is 6.08 Å². The summed E-state index contributed by atoms with van der Waals surface area (Å²) in [5, 5.41) is 11.8. The van der Waals surface area contributed by atoms with Gasteiger partial charge in [-0.3, -0.25) is 4.79 Å². The molecule has 0 heterocycles. The van der Waals surface area contributed by atoms with E-state index in [0.717, 1.165) is 18.2 Å². The highest BCUT2D eigenvalue weighted by Crippen LogP contribution is 2.31. The van der Waals surface area contributed by atoms with Gasteiger partial charge in [0.15, 0.2) is 0 Å². The molecule has 0 saturated heterocycles. The average molecular weight is 507 g/mol. The fourth-order valence-electron chi connectivity index (χ4n) is 2.74. The van der Waals surface area contributed by atoms with Crippen LogP contribution in [0, 0.1) is 11.3 Å². The molecule has 174 valence electrons. The Balaban J connectivity index is 1.92. The van der Waals surface area contributed by atoms with Crippen LogP contribution in [0.4, 0.5) is 18.9 Å². The summed E-state index contributed by atoms with van der Waals surface area (Å²) in [4.78, 5) is 12.4. The van der Waals surface area contributed by atoms with Crippen molar-refractivity contribution in [1.82, 2.24) is 0 Å². The lowest BCUT2D eigenvalue weighted by molar-refractivity contribution is -0.137. The van der Waals surface area contributed by atoms with Gasteiger partial charge in [0.05, 0.1) is 5.56 Å². The molecule has 0 spiro atoms. The summed E-state index contributed by atoms with van der Waals surface area (Å²) in [6, 6.07) is 16.7. The van der Waals surface area contributed by atoms with Gasteiger partial charge in [0.25, 0.3) is 5.91 Å². The van der Waals surface area contributed by atoms with E-state index in [9.17, 15) is 31.6 Å². The third-order valence-electron chi connectivity index (χ3n) is 4.32. The number of nitriles is 1. The molecule has 3 aromatic carbocycles. The van der Waals surface area contributed by atoms with Gasteiger partial charge in [-0.15, -0.1) is 0 Å². The highest BCUT2D eigenvalue weighted by atomic mass is 35.5. The zero-order chi connectivity index (χ0) is 24.9. The number of alkyl halides is 3. The number of rotatable bonds is 6. The van der Waals surface area contributed by atoms with Crippen LogP contribution in [0.15, 0.2) is 83.3 Å². The number of carbonyl (C=O) groups excluding carboxylic acids is 1. The van der Waals surface area contributed by atoms with E-state index < -0.39 is 33.3 Å². The maximum absolute atomic E-state index is 12.9. The predicted octanol–water partition coefficient (Wildman–Crippen LogP) is 5.67. The summed E-state index contributed by atoms with van der Waals surface area (Å²) in [5.74, 6) is -1.23. The van der Waals surface area contributed by atoms with Gasteiger partial charge in [-0.2, -0.15) is 26.9 Å². The number of benzene rings is 3. The molecule has 0 aliphatic heterocycles. The van der Waals surface area contributed by atoms with E-state index >= 15 is 0 Å². The number of carbonyl (C=O) groups is 1. The van der Waals surface area contributed by atoms with E-state index in [1.165, 1.54) is 48.5 Å². The van der Waals surface area contributed by atoms with E-state index in [1.807, 2.05) is 0 Å². The van der Waals surface area contributed by atoms with Crippen LogP contribution in [-0.4, -0.2) is 14.3 Å². The Morgan fingerprint density at radius 2 is 1.74 bits per heavy atom. The van der Waals surface area contributed by atoms with Crippen LogP contribution in [0.3, 0.4) is 0 Å². The Labute approximate surface area is 198 Å². The normalized spacial score (nSPS) is 12.0. The van der Waals surface area contributed by atoms with Gasteiger partial charge < -0.3 is 9.50 Å². The molecule has 0 aliphatic rings. The summed E-state index contributed by atoms with van der Waals surface area (Å²) in [6.45, 7) is 0. The number of halogens is 4. The van der Waals surface area contributed by atoms with Crippen molar-refractivity contribution in [2.24, 2.45) is 0 Å². The lowest BCUT2D eigenvalue weighted by Crippen LogP contribution is -2.15. The molecule has 0 unspecified atom stereocenters. The number of nitrogens with one attached hydrogen (secondary N) is 1. The highest BCUT2D eigenvalue weighted by Gasteiger charge is 2.30. The standard InChI is InChI=1S/C23H14ClF3N2O4S/c24-18-9-10-21(33-34(31,32)20-7-2-1-3-8-20)15(12-18)11-16(14-28)22(30)29-19-6-4-5-17(13-19)23(25,26)27/h1-13H,(H,29,30)/b16-11+. The molecule has 0 aromatic heterocycles. The maximum atomic E-state index is 12.9. The van der Waals surface area contributed by atoms with Crippen molar-refractivity contribution in [3.63, 3.8) is 0 Å². The van der Waals surface area contributed by atoms with E-state index in [4.69, 9.17) is 15.8 Å². The number of hydrogen-bond acceptors (Lipinski definition) is 5. The van der Waals surface area contributed by atoms with Crippen LogP contribution in [0.5, 0.6) is 5.75 Å². The quantitative estimate of drug-likeness (QED) is 0.264. The first-order valence-corrected chi connectivity index (χ1v) is 11.2. The molecule has 6 nitrogen and oxygen atoms in total. The summed E-state index contributed by atoms with van der Waals surface area (Å²) < 4.78 is 69.0. The van der Waals surface area contributed by atoms with Gasteiger partial charge >= 0.3 is 16.3 Å². The zero-order valence-electron chi connectivity index (χ0n) is 17.0. The highest BCUT2D eigenvalue weighted by molar-refractivity contribution is 7.87. The molecule has 0 radical (unpaired) electrons. The monoisotopic (exact) mass is 506 g/mol. The molecule has 34 heavy (non-hydrogen) atoms. The minimum Gasteiger partial charge on any atom is -0.378 e. The number of amides is 1. The summed E-state index contributed by atoms with van der Waals surface area (Å²) in [7, 11) is -4.24. The zero-order valence-corrected chi connectivity index (χ0v) is 18.6. The first kappa shape index (κ1) is 24.8. The van der Waals surface area contributed by atoms with Crippen LogP contribution in [0.2, 0.25) is 5.02 Å². The third kappa shape index (κ3) is 6.15. The molecule has 0 aliphatic carbocycles. The summed E-state index contributed by atoms with van der Waals surface area (Å²) in [6.07, 6.45) is -3.60. The van der Waals surface area contributed by atoms with E-state index in [-0.39, 0.29) is 26.9 Å². The second-order valence-electron chi connectivity index (χ2n) is 6.74. The Hall–Kier alpha value is -3.81. The molecule has 1 amide bonds. The van der Waals surface area contributed by atoms with Crippen LogP contribution in [0.1, 0.15) is 11.1 Å². The minimum atomic E-state index is -4.62. The fourth-order valence-corrected chi connectivity index (χ4v) is 3.89. The van der Waals surface area contributed by atoms with Gasteiger partial charge in [-0.1, -0.05) is 35.9 Å². The first-order chi connectivity index (χ1) is 16.0. The van der Waals surface area contributed by atoms with Crippen molar-refractivity contribution in [1.29, 1.82) is 5.26 Å². The predicted molar refractivity (Wildman–Crippen MR) is 119 cm³/mol. The van der Waals surface area contributed by atoms with Crippen molar-refractivity contribution < 1.29 is 30.6 Å². The van der Waals surface area contributed by atoms with E-state index in [1.54, 1.807) is 12.1 Å². The van der Waals surface area contributed by atoms with Crippen molar-refractivity contribution in [3.05, 3.63) is 94.5 Å². The lowest BCUT2D eigenvalue weighted by Gasteiger charge is -2.11. The molecular formula is C23H14ClF3N2O4S.